The number of hydrogen-bond acceptors (Lipinski definition) is 5. The second-order valence-corrected chi connectivity index (χ2v) is 7.12. The van der Waals surface area contributed by atoms with Crippen LogP contribution in [0.5, 0.6) is 0 Å². The highest BCUT2D eigenvalue weighted by Crippen LogP contribution is 2.19. The van der Waals surface area contributed by atoms with Gasteiger partial charge in [-0.05, 0) is 45.1 Å². The first-order chi connectivity index (χ1) is 10.9. The minimum absolute atomic E-state index is 0.269. The molecule has 2 heterocycles. The van der Waals surface area contributed by atoms with Crippen molar-refractivity contribution in [1.82, 2.24) is 15.3 Å². The molecule has 130 valence electrons. The summed E-state index contributed by atoms with van der Waals surface area (Å²) in [6, 6.07) is 2.03. The Bertz CT molecular complexity index is 498. The standard InChI is InChI=1S/C18H32N4O/c1-5-14(2)18(4,23)13-19-12-16-11-15(3)20-17(21-16)22-9-7-6-8-10-22/h11,14,19,23H,5-10,12-13H2,1-4H3. The van der Waals surface area contributed by atoms with Crippen LogP contribution in [0.15, 0.2) is 6.07 Å². The van der Waals surface area contributed by atoms with Crippen LogP contribution in [0.25, 0.3) is 0 Å². The lowest BCUT2D eigenvalue weighted by atomic mass is 9.89. The zero-order valence-corrected chi connectivity index (χ0v) is 15.1. The molecule has 1 aromatic rings. The molecule has 1 aromatic heterocycles. The minimum atomic E-state index is -0.688. The zero-order valence-electron chi connectivity index (χ0n) is 15.1. The highest BCUT2D eigenvalue weighted by Gasteiger charge is 2.26. The molecule has 1 saturated heterocycles. The lowest BCUT2D eigenvalue weighted by molar-refractivity contribution is 0.00529. The van der Waals surface area contributed by atoms with Crippen LogP contribution in [0.1, 0.15) is 57.8 Å². The Hall–Kier alpha value is -1.20. The van der Waals surface area contributed by atoms with Gasteiger partial charge in [0.2, 0.25) is 5.95 Å². The first-order valence-corrected chi connectivity index (χ1v) is 8.95. The third-order valence-corrected chi connectivity index (χ3v) is 5.00. The molecule has 2 unspecified atom stereocenters. The molecule has 2 N–H and O–H groups in total. The van der Waals surface area contributed by atoms with Gasteiger partial charge in [-0.3, -0.25) is 0 Å². The van der Waals surface area contributed by atoms with Crippen LogP contribution in [0.3, 0.4) is 0 Å². The van der Waals surface area contributed by atoms with Crippen LogP contribution >= 0.6 is 0 Å². The van der Waals surface area contributed by atoms with E-state index in [1.54, 1.807) is 0 Å². The van der Waals surface area contributed by atoms with E-state index in [0.717, 1.165) is 36.8 Å². The maximum absolute atomic E-state index is 10.5. The van der Waals surface area contributed by atoms with E-state index < -0.39 is 5.60 Å². The summed E-state index contributed by atoms with van der Waals surface area (Å²) in [6.45, 7) is 11.5. The molecular weight excluding hydrogens is 288 g/mol. The fraction of sp³-hybridized carbons (Fsp3) is 0.778. The van der Waals surface area contributed by atoms with E-state index >= 15 is 0 Å². The summed E-state index contributed by atoms with van der Waals surface area (Å²) in [7, 11) is 0. The van der Waals surface area contributed by atoms with Crippen LogP contribution in [0.2, 0.25) is 0 Å². The number of aryl methyl sites for hydroxylation is 1. The Morgan fingerprint density at radius 3 is 2.65 bits per heavy atom. The summed E-state index contributed by atoms with van der Waals surface area (Å²) in [5.41, 5.74) is 1.32. The SMILES string of the molecule is CCC(C)C(C)(O)CNCc1cc(C)nc(N2CCCCC2)n1. The molecule has 2 rings (SSSR count). The normalized spacial score (nSPS) is 19.4. The van der Waals surface area contributed by atoms with Gasteiger partial charge in [0.25, 0.3) is 0 Å². The number of nitrogens with zero attached hydrogens (tertiary/aromatic N) is 3. The second-order valence-electron chi connectivity index (χ2n) is 7.12. The molecule has 1 aliphatic rings. The van der Waals surface area contributed by atoms with Gasteiger partial charge in [0.05, 0.1) is 11.3 Å². The molecule has 0 aromatic carbocycles. The lowest BCUT2D eigenvalue weighted by Gasteiger charge is -2.30. The van der Waals surface area contributed by atoms with Crippen molar-refractivity contribution < 1.29 is 5.11 Å². The van der Waals surface area contributed by atoms with E-state index in [4.69, 9.17) is 4.98 Å². The van der Waals surface area contributed by atoms with E-state index in [-0.39, 0.29) is 5.92 Å². The average molecular weight is 320 g/mol. The van der Waals surface area contributed by atoms with Gasteiger partial charge in [0.15, 0.2) is 0 Å². The maximum Gasteiger partial charge on any atom is 0.225 e. The van der Waals surface area contributed by atoms with Crippen molar-refractivity contribution >= 4 is 5.95 Å². The number of rotatable bonds is 7. The van der Waals surface area contributed by atoms with Crippen molar-refractivity contribution in [3.05, 3.63) is 17.5 Å². The molecule has 0 bridgehead atoms. The van der Waals surface area contributed by atoms with E-state index in [1.165, 1.54) is 19.3 Å². The van der Waals surface area contributed by atoms with Gasteiger partial charge in [-0.25, -0.2) is 9.97 Å². The van der Waals surface area contributed by atoms with Gasteiger partial charge in [-0.1, -0.05) is 20.3 Å². The molecule has 0 aliphatic carbocycles. The Kier molecular flexibility index (Phi) is 6.36. The fourth-order valence-electron chi connectivity index (χ4n) is 3.00. The molecule has 23 heavy (non-hydrogen) atoms. The van der Waals surface area contributed by atoms with Crippen LogP contribution in [0, 0.1) is 12.8 Å². The summed E-state index contributed by atoms with van der Waals surface area (Å²) < 4.78 is 0. The van der Waals surface area contributed by atoms with Gasteiger partial charge >= 0.3 is 0 Å². The summed E-state index contributed by atoms with van der Waals surface area (Å²) in [5, 5.41) is 13.8. The predicted molar refractivity (Wildman–Crippen MR) is 94.6 cm³/mol. The minimum Gasteiger partial charge on any atom is -0.389 e. The summed E-state index contributed by atoms with van der Waals surface area (Å²) in [4.78, 5) is 11.6. The first kappa shape index (κ1) is 18.1. The number of anilines is 1. The summed E-state index contributed by atoms with van der Waals surface area (Å²) in [5.74, 6) is 1.13. The topological polar surface area (TPSA) is 61.3 Å². The Morgan fingerprint density at radius 1 is 1.30 bits per heavy atom. The van der Waals surface area contributed by atoms with Crippen LogP contribution in [0.4, 0.5) is 5.95 Å². The monoisotopic (exact) mass is 320 g/mol. The molecule has 1 fully saturated rings. The van der Waals surface area contributed by atoms with Crippen molar-refractivity contribution in [2.24, 2.45) is 5.92 Å². The fourth-order valence-corrected chi connectivity index (χ4v) is 3.00. The van der Waals surface area contributed by atoms with Gasteiger partial charge < -0.3 is 15.3 Å². The molecule has 1 aliphatic heterocycles. The largest absolute Gasteiger partial charge is 0.389 e. The van der Waals surface area contributed by atoms with Crippen LogP contribution in [-0.2, 0) is 6.54 Å². The molecule has 2 atom stereocenters. The van der Waals surface area contributed by atoms with E-state index in [2.05, 4.69) is 29.0 Å². The third-order valence-electron chi connectivity index (χ3n) is 5.00. The van der Waals surface area contributed by atoms with Gasteiger partial charge in [0.1, 0.15) is 0 Å². The molecule has 0 saturated carbocycles. The molecular formula is C18H32N4O. The highest BCUT2D eigenvalue weighted by molar-refractivity contribution is 5.32. The maximum atomic E-state index is 10.5. The number of aromatic nitrogens is 2. The van der Waals surface area contributed by atoms with E-state index in [9.17, 15) is 5.11 Å². The van der Waals surface area contributed by atoms with Gasteiger partial charge in [-0.15, -0.1) is 0 Å². The molecule has 0 amide bonds. The number of hydrogen-bond donors (Lipinski definition) is 2. The summed E-state index contributed by atoms with van der Waals surface area (Å²) >= 11 is 0. The smallest absolute Gasteiger partial charge is 0.225 e. The van der Waals surface area contributed by atoms with E-state index in [1.807, 2.05) is 19.9 Å². The second kappa shape index (κ2) is 8.06. The quantitative estimate of drug-likeness (QED) is 0.809. The predicted octanol–water partition coefficient (Wildman–Crippen LogP) is 2.66. The van der Waals surface area contributed by atoms with Crippen molar-refractivity contribution in [2.45, 2.75) is 65.5 Å². The van der Waals surface area contributed by atoms with Crippen LogP contribution in [-0.4, -0.2) is 40.3 Å². The van der Waals surface area contributed by atoms with Crippen molar-refractivity contribution in [1.29, 1.82) is 0 Å². The van der Waals surface area contributed by atoms with Crippen molar-refractivity contribution in [2.75, 3.05) is 24.5 Å². The Labute approximate surface area is 140 Å². The molecule has 5 nitrogen and oxygen atoms in total. The van der Waals surface area contributed by atoms with Crippen molar-refractivity contribution in [3.63, 3.8) is 0 Å². The zero-order chi connectivity index (χ0) is 16.9. The van der Waals surface area contributed by atoms with Crippen LogP contribution < -0.4 is 10.2 Å². The van der Waals surface area contributed by atoms with Gasteiger partial charge in [0, 0.05) is 31.9 Å². The Morgan fingerprint density at radius 2 is 2.00 bits per heavy atom. The Balaban J connectivity index is 1.96. The lowest BCUT2D eigenvalue weighted by Crippen LogP contribution is -2.43. The molecule has 0 spiro atoms. The number of aliphatic hydroxyl groups is 1. The molecule has 5 heteroatoms. The van der Waals surface area contributed by atoms with Gasteiger partial charge in [-0.2, -0.15) is 0 Å². The highest BCUT2D eigenvalue weighted by atomic mass is 16.3. The number of nitrogens with one attached hydrogen (secondary N) is 1. The first-order valence-electron chi connectivity index (χ1n) is 8.95. The summed E-state index contributed by atoms with van der Waals surface area (Å²) in [6.07, 6.45) is 4.73. The van der Waals surface area contributed by atoms with Crippen molar-refractivity contribution in [3.8, 4) is 0 Å². The third kappa shape index (κ3) is 5.15. The van der Waals surface area contributed by atoms with E-state index in [0.29, 0.717) is 13.1 Å². The molecule has 0 radical (unpaired) electrons. The average Bonchev–Trinajstić information content (AvgIpc) is 2.54. The number of piperidine rings is 1.